The van der Waals surface area contributed by atoms with Crippen LogP contribution in [-0.4, -0.2) is 43.5 Å². The van der Waals surface area contributed by atoms with Gasteiger partial charge < -0.3 is 25.2 Å². The van der Waals surface area contributed by atoms with Gasteiger partial charge in [-0.3, -0.25) is 0 Å². The predicted octanol–water partition coefficient (Wildman–Crippen LogP) is 3.56. The largest absolute Gasteiger partial charge is 0.388 e. The molecule has 168 valence electrons. The molecule has 0 aliphatic carbocycles. The summed E-state index contributed by atoms with van der Waals surface area (Å²) in [6.45, 7) is 6.26. The fourth-order valence-electron chi connectivity index (χ4n) is 3.56. The molecule has 3 rings (SSSR count). The maximum absolute atomic E-state index is 10.3. The van der Waals surface area contributed by atoms with Gasteiger partial charge >= 0.3 is 0 Å². The summed E-state index contributed by atoms with van der Waals surface area (Å²) in [5.74, 6) is 0.756. The van der Waals surface area contributed by atoms with Crippen molar-refractivity contribution in [2.24, 2.45) is 4.99 Å². The molecule has 2 aromatic carbocycles. The van der Waals surface area contributed by atoms with Crippen molar-refractivity contribution in [2.75, 3.05) is 26.3 Å². The molecule has 31 heavy (non-hydrogen) atoms. The minimum atomic E-state index is -0.482. The molecule has 2 aromatic rings. The van der Waals surface area contributed by atoms with Crippen LogP contribution in [0.4, 0.5) is 0 Å². The van der Waals surface area contributed by atoms with Crippen molar-refractivity contribution < 1.29 is 14.6 Å². The van der Waals surface area contributed by atoms with Gasteiger partial charge in [-0.1, -0.05) is 54.6 Å². The Kier molecular flexibility index (Phi) is 9.83. The average Bonchev–Trinajstić information content (AvgIpc) is 2.82. The van der Waals surface area contributed by atoms with Gasteiger partial charge in [0.2, 0.25) is 0 Å². The Morgan fingerprint density at radius 2 is 1.87 bits per heavy atom. The number of nitrogens with one attached hydrogen (secondary N) is 2. The number of rotatable bonds is 10. The van der Waals surface area contributed by atoms with Gasteiger partial charge in [0, 0.05) is 26.3 Å². The van der Waals surface area contributed by atoms with Crippen LogP contribution in [0.2, 0.25) is 0 Å². The Labute approximate surface area is 185 Å². The van der Waals surface area contributed by atoms with Crippen molar-refractivity contribution in [2.45, 2.75) is 51.5 Å². The van der Waals surface area contributed by atoms with Gasteiger partial charge in [-0.25, -0.2) is 4.99 Å². The highest BCUT2D eigenvalue weighted by Gasteiger charge is 2.14. The lowest BCUT2D eigenvalue weighted by Gasteiger charge is -2.22. The van der Waals surface area contributed by atoms with Gasteiger partial charge in [0.05, 0.1) is 25.4 Å². The Morgan fingerprint density at radius 1 is 1.10 bits per heavy atom. The second kappa shape index (κ2) is 13.1. The topological polar surface area (TPSA) is 75.1 Å². The number of aliphatic hydroxyl groups is 1. The highest BCUT2D eigenvalue weighted by Crippen LogP contribution is 2.16. The molecule has 1 aliphatic heterocycles. The zero-order valence-electron chi connectivity index (χ0n) is 18.4. The molecule has 0 bridgehead atoms. The van der Waals surface area contributed by atoms with Crippen LogP contribution in [0.5, 0.6) is 0 Å². The number of aliphatic hydroxyl groups excluding tert-OH is 1. The number of aliphatic imine (C=N–C) groups is 1. The molecule has 1 heterocycles. The standard InChI is InChI=1S/C25H35N3O3/c1-2-26-25(27-14-11-24(29)22-9-4-3-5-10-22)28-18-20-7-6-8-21(17-20)19-31-23-12-15-30-16-13-23/h3-10,17,23-24,29H,2,11-16,18-19H2,1H3,(H2,26,27,28). The van der Waals surface area contributed by atoms with Gasteiger partial charge in [0.25, 0.3) is 0 Å². The van der Waals surface area contributed by atoms with Crippen LogP contribution in [0.1, 0.15) is 49.0 Å². The Balaban J connectivity index is 1.47. The average molecular weight is 426 g/mol. The zero-order valence-corrected chi connectivity index (χ0v) is 18.4. The monoisotopic (exact) mass is 425 g/mol. The normalized spacial score (nSPS) is 16.1. The van der Waals surface area contributed by atoms with Crippen LogP contribution in [0.15, 0.2) is 59.6 Å². The molecule has 1 atom stereocenters. The third-order valence-corrected chi connectivity index (χ3v) is 5.30. The van der Waals surface area contributed by atoms with Crippen LogP contribution in [0.25, 0.3) is 0 Å². The van der Waals surface area contributed by atoms with Crippen molar-refractivity contribution in [1.82, 2.24) is 10.6 Å². The first-order valence-corrected chi connectivity index (χ1v) is 11.3. The van der Waals surface area contributed by atoms with E-state index in [0.717, 1.165) is 49.7 Å². The van der Waals surface area contributed by atoms with Gasteiger partial charge in [-0.15, -0.1) is 0 Å². The molecule has 3 N–H and O–H groups in total. The Morgan fingerprint density at radius 3 is 2.65 bits per heavy atom. The molecule has 1 saturated heterocycles. The molecule has 1 aliphatic rings. The van der Waals surface area contributed by atoms with E-state index in [0.29, 0.717) is 32.2 Å². The third-order valence-electron chi connectivity index (χ3n) is 5.30. The predicted molar refractivity (Wildman–Crippen MR) is 124 cm³/mol. The van der Waals surface area contributed by atoms with Crippen molar-refractivity contribution >= 4 is 5.96 Å². The van der Waals surface area contributed by atoms with Gasteiger partial charge in [0.1, 0.15) is 0 Å². The summed E-state index contributed by atoms with van der Waals surface area (Å²) < 4.78 is 11.4. The molecule has 1 fully saturated rings. The highest BCUT2D eigenvalue weighted by atomic mass is 16.5. The lowest BCUT2D eigenvalue weighted by molar-refractivity contribution is -0.0390. The van der Waals surface area contributed by atoms with E-state index < -0.39 is 6.10 Å². The van der Waals surface area contributed by atoms with Crippen molar-refractivity contribution in [1.29, 1.82) is 0 Å². The van der Waals surface area contributed by atoms with E-state index in [4.69, 9.17) is 14.5 Å². The number of ether oxygens (including phenoxy) is 2. The second-order valence-corrected chi connectivity index (χ2v) is 7.78. The van der Waals surface area contributed by atoms with Gasteiger partial charge in [0.15, 0.2) is 5.96 Å². The first-order valence-electron chi connectivity index (χ1n) is 11.3. The Bertz CT molecular complexity index is 792. The molecule has 0 radical (unpaired) electrons. The summed E-state index contributed by atoms with van der Waals surface area (Å²) in [5, 5.41) is 16.9. The summed E-state index contributed by atoms with van der Waals surface area (Å²) in [6.07, 6.45) is 2.38. The summed E-state index contributed by atoms with van der Waals surface area (Å²) in [5.41, 5.74) is 3.25. The minimum absolute atomic E-state index is 0.297. The van der Waals surface area contributed by atoms with E-state index in [1.807, 2.05) is 37.3 Å². The highest BCUT2D eigenvalue weighted by molar-refractivity contribution is 5.79. The lowest BCUT2D eigenvalue weighted by atomic mass is 10.1. The van der Waals surface area contributed by atoms with E-state index in [1.54, 1.807) is 0 Å². The van der Waals surface area contributed by atoms with Crippen LogP contribution in [-0.2, 0) is 22.6 Å². The quantitative estimate of drug-likeness (QED) is 0.401. The van der Waals surface area contributed by atoms with Crippen LogP contribution >= 0.6 is 0 Å². The maximum atomic E-state index is 10.3. The summed E-state index contributed by atoms with van der Waals surface area (Å²) in [4.78, 5) is 4.70. The lowest BCUT2D eigenvalue weighted by Crippen LogP contribution is -2.38. The summed E-state index contributed by atoms with van der Waals surface area (Å²) in [7, 11) is 0. The molecule has 0 aromatic heterocycles. The molecule has 6 nitrogen and oxygen atoms in total. The molecular formula is C25H35N3O3. The first-order chi connectivity index (χ1) is 15.2. The van der Waals surface area contributed by atoms with Crippen molar-refractivity contribution in [3.63, 3.8) is 0 Å². The van der Waals surface area contributed by atoms with Gasteiger partial charge in [-0.05, 0) is 42.9 Å². The first kappa shape index (κ1) is 23.3. The number of nitrogens with zero attached hydrogens (tertiary/aromatic N) is 1. The number of benzene rings is 2. The van der Waals surface area contributed by atoms with Crippen molar-refractivity contribution in [3.8, 4) is 0 Å². The van der Waals surface area contributed by atoms with E-state index in [1.165, 1.54) is 5.56 Å². The minimum Gasteiger partial charge on any atom is -0.388 e. The number of hydrogen-bond acceptors (Lipinski definition) is 4. The number of guanidine groups is 1. The maximum Gasteiger partial charge on any atom is 0.191 e. The molecule has 0 spiro atoms. The van der Waals surface area contributed by atoms with Crippen LogP contribution < -0.4 is 10.6 Å². The van der Waals surface area contributed by atoms with Crippen LogP contribution in [0.3, 0.4) is 0 Å². The zero-order chi connectivity index (χ0) is 21.7. The van der Waals surface area contributed by atoms with Gasteiger partial charge in [-0.2, -0.15) is 0 Å². The molecule has 1 unspecified atom stereocenters. The summed E-state index contributed by atoms with van der Waals surface area (Å²) in [6, 6.07) is 18.1. The third kappa shape index (κ3) is 8.32. The second-order valence-electron chi connectivity index (χ2n) is 7.78. The van der Waals surface area contributed by atoms with E-state index in [9.17, 15) is 5.11 Å². The molecular weight excluding hydrogens is 390 g/mol. The molecule has 0 amide bonds. The summed E-state index contributed by atoms with van der Waals surface area (Å²) >= 11 is 0. The number of hydrogen-bond donors (Lipinski definition) is 3. The van der Waals surface area contributed by atoms with Crippen molar-refractivity contribution in [3.05, 3.63) is 71.3 Å². The smallest absolute Gasteiger partial charge is 0.191 e. The molecule has 0 saturated carbocycles. The SMILES string of the molecule is CCNC(=NCc1cccc(COC2CCOCC2)c1)NCCC(O)c1ccccc1. The van der Waals surface area contributed by atoms with E-state index in [2.05, 4.69) is 34.9 Å². The molecule has 6 heteroatoms. The fraction of sp³-hybridized carbons (Fsp3) is 0.480. The fourth-order valence-corrected chi connectivity index (χ4v) is 3.56. The Hall–Kier alpha value is -2.41. The van der Waals surface area contributed by atoms with E-state index in [-0.39, 0.29) is 0 Å². The van der Waals surface area contributed by atoms with Crippen LogP contribution in [0, 0.1) is 0 Å². The van der Waals surface area contributed by atoms with E-state index >= 15 is 0 Å².